The van der Waals surface area contributed by atoms with Crippen LogP contribution >= 0.6 is 0 Å². The molecule has 0 saturated carbocycles. The molecule has 21 heavy (non-hydrogen) atoms. The predicted molar refractivity (Wildman–Crippen MR) is 74.7 cm³/mol. The number of nitrogens with one attached hydrogen (secondary N) is 1. The van der Waals surface area contributed by atoms with Gasteiger partial charge in [-0.3, -0.25) is 0 Å². The maximum atomic E-state index is 13.1. The first kappa shape index (κ1) is 15.6. The second-order valence-electron chi connectivity index (χ2n) is 4.42. The molecule has 0 heterocycles. The number of halogens is 2. The average molecular weight is 312 g/mol. The highest BCUT2D eigenvalue weighted by Gasteiger charge is 2.16. The molecule has 2 rings (SSSR count). The first-order valence-corrected chi connectivity index (χ1v) is 7.63. The molecule has 4 nitrogen and oxygen atoms in total. The zero-order valence-electron chi connectivity index (χ0n) is 11.0. The van der Waals surface area contributed by atoms with Crippen LogP contribution in [0, 0.1) is 11.6 Å². The molecule has 7 heteroatoms. The lowest BCUT2D eigenvalue weighted by Gasteiger charge is -2.08. The van der Waals surface area contributed by atoms with Gasteiger partial charge in [0, 0.05) is 13.1 Å². The molecule has 0 fully saturated rings. The number of hydrogen-bond donors (Lipinski definition) is 2. The van der Waals surface area contributed by atoms with E-state index >= 15 is 0 Å². The third-order valence-electron chi connectivity index (χ3n) is 2.89. The molecule has 0 radical (unpaired) electrons. The van der Waals surface area contributed by atoms with Gasteiger partial charge in [0.1, 0.15) is 0 Å². The van der Waals surface area contributed by atoms with E-state index < -0.39 is 21.7 Å². The molecule has 0 amide bonds. The second-order valence-corrected chi connectivity index (χ2v) is 6.19. The lowest BCUT2D eigenvalue weighted by Crippen LogP contribution is -2.23. The van der Waals surface area contributed by atoms with Crippen LogP contribution in [0.2, 0.25) is 0 Å². The fourth-order valence-corrected chi connectivity index (χ4v) is 2.80. The van der Waals surface area contributed by atoms with Crippen LogP contribution in [-0.2, 0) is 23.1 Å². The molecule has 3 N–H and O–H groups in total. The zero-order valence-corrected chi connectivity index (χ0v) is 11.8. The minimum Gasteiger partial charge on any atom is -0.326 e. The first-order valence-electron chi connectivity index (χ1n) is 6.15. The van der Waals surface area contributed by atoms with Gasteiger partial charge >= 0.3 is 0 Å². The van der Waals surface area contributed by atoms with Crippen LogP contribution in [0.4, 0.5) is 8.78 Å². The highest BCUT2D eigenvalue weighted by atomic mass is 32.2. The van der Waals surface area contributed by atoms with Gasteiger partial charge in [-0.05, 0) is 29.3 Å². The minimum atomic E-state index is -3.91. The Balaban J connectivity index is 2.15. The van der Waals surface area contributed by atoms with Gasteiger partial charge in [-0.2, -0.15) is 0 Å². The molecule has 0 unspecified atom stereocenters. The van der Waals surface area contributed by atoms with Gasteiger partial charge in [0.2, 0.25) is 10.0 Å². The number of sulfonamides is 1. The van der Waals surface area contributed by atoms with E-state index in [-0.39, 0.29) is 11.4 Å². The normalized spacial score (nSPS) is 11.6. The van der Waals surface area contributed by atoms with E-state index in [4.69, 9.17) is 5.73 Å². The summed E-state index contributed by atoms with van der Waals surface area (Å²) in [5.41, 5.74) is 7.11. The summed E-state index contributed by atoms with van der Waals surface area (Å²) in [5, 5.41) is 0. The molecule has 2 aromatic rings. The van der Waals surface area contributed by atoms with Crippen molar-refractivity contribution in [2.24, 2.45) is 5.73 Å². The average Bonchev–Trinajstić information content (AvgIpc) is 2.48. The van der Waals surface area contributed by atoms with Crippen LogP contribution in [0.5, 0.6) is 0 Å². The zero-order chi connectivity index (χ0) is 15.5. The summed E-state index contributed by atoms with van der Waals surface area (Å²) >= 11 is 0. The topological polar surface area (TPSA) is 72.2 Å². The molecule has 2 aromatic carbocycles. The van der Waals surface area contributed by atoms with Gasteiger partial charge in [-0.15, -0.1) is 0 Å². The standard InChI is InChI=1S/C14H14F2N2O2S/c15-13-5-4-12(7-14(13)16)21(19,20)18-9-11-3-1-2-10(6-11)8-17/h1-7,18H,8-9,17H2. The van der Waals surface area contributed by atoms with E-state index in [0.29, 0.717) is 12.6 Å². The smallest absolute Gasteiger partial charge is 0.240 e. The molecule has 112 valence electrons. The lowest BCUT2D eigenvalue weighted by atomic mass is 10.1. The molecule has 0 aromatic heterocycles. The van der Waals surface area contributed by atoms with Gasteiger partial charge in [-0.1, -0.05) is 24.3 Å². The van der Waals surface area contributed by atoms with Crippen LogP contribution in [0.15, 0.2) is 47.4 Å². The van der Waals surface area contributed by atoms with Crippen molar-refractivity contribution in [1.29, 1.82) is 0 Å². The molecule has 0 spiro atoms. The van der Waals surface area contributed by atoms with E-state index in [1.165, 1.54) is 0 Å². The van der Waals surface area contributed by atoms with Crippen LogP contribution in [0.3, 0.4) is 0 Å². The Bertz CT molecular complexity index is 748. The van der Waals surface area contributed by atoms with Crippen molar-refractivity contribution >= 4 is 10.0 Å². The molecule has 0 bridgehead atoms. The largest absolute Gasteiger partial charge is 0.326 e. The first-order chi connectivity index (χ1) is 9.92. The summed E-state index contributed by atoms with van der Waals surface area (Å²) < 4.78 is 52.2. The minimum absolute atomic E-state index is 0.0369. The SMILES string of the molecule is NCc1cccc(CNS(=O)(=O)c2ccc(F)c(F)c2)c1. The quantitative estimate of drug-likeness (QED) is 0.886. The Morgan fingerprint density at radius 2 is 1.71 bits per heavy atom. The van der Waals surface area contributed by atoms with Crippen molar-refractivity contribution in [3.05, 3.63) is 65.2 Å². The fourth-order valence-electron chi connectivity index (χ4n) is 1.77. The Morgan fingerprint density at radius 1 is 1.00 bits per heavy atom. The van der Waals surface area contributed by atoms with Crippen molar-refractivity contribution in [2.75, 3.05) is 0 Å². The van der Waals surface area contributed by atoms with Crippen LogP contribution in [0.25, 0.3) is 0 Å². The highest BCUT2D eigenvalue weighted by molar-refractivity contribution is 7.89. The Hall–Kier alpha value is -1.83. The maximum absolute atomic E-state index is 13.1. The Morgan fingerprint density at radius 3 is 2.38 bits per heavy atom. The van der Waals surface area contributed by atoms with Gasteiger partial charge in [-0.25, -0.2) is 21.9 Å². The molecular formula is C14H14F2N2O2S. The highest BCUT2D eigenvalue weighted by Crippen LogP contribution is 2.14. The number of hydrogen-bond acceptors (Lipinski definition) is 3. The van der Waals surface area contributed by atoms with E-state index in [1.54, 1.807) is 18.2 Å². The van der Waals surface area contributed by atoms with Crippen molar-refractivity contribution in [3.8, 4) is 0 Å². The summed E-state index contributed by atoms with van der Waals surface area (Å²) in [7, 11) is -3.91. The fraction of sp³-hybridized carbons (Fsp3) is 0.143. The van der Waals surface area contributed by atoms with Gasteiger partial charge < -0.3 is 5.73 Å². The molecule has 0 aliphatic carbocycles. The third kappa shape index (κ3) is 3.84. The van der Waals surface area contributed by atoms with E-state index in [9.17, 15) is 17.2 Å². The summed E-state index contributed by atoms with van der Waals surface area (Å²) in [6.07, 6.45) is 0. The molecule has 0 saturated heterocycles. The number of rotatable bonds is 5. The summed E-state index contributed by atoms with van der Waals surface area (Å²) in [6, 6.07) is 9.54. The van der Waals surface area contributed by atoms with Crippen LogP contribution < -0.4 is 10.5 Å². The van der Waals surface area contributed by atoms with Crippen molar-refractivity contribution in [1.82, 2.24) is 4.72 Å². The molecule has 0 aliphatic rings. The van der Waals surface area contributed by atoms with Crippen LogP contribution in [-0.4, -0.2) is 8.42 Å². The Kier molecular flexibility index (Phi) is 4.66. The monoisotopic (exact) mass is 312 g/mol. The van der Waals surface area contributed by atoms with E-state index in [0.717, 1.165) is 23.3 Å². The van der Waals surface area contributed by atoms with E-state index in [2.05, 4.69) is 4.72 Å². The maximum Gasteiger partial charge on any atom is 0.240 e. The number of nitrogens with two attached hydrogens (primary N) is 1. The molecule has 0 aliphatic heterocycles. The molecular weight excluding hydrogens is 298 g/mol. The third-order valence-corrected chi connectivity index (χ3v) is 4.29. The molecule has 0 atom stereocenters. The van der Waals surface area contributed by atoms with Crippen molar-refractivity contribution in [2.45, 2.75) is 18.0 Å². The van der Waals surface area contributed by atoms with Crippen molar-refractivity contribution in [3.63, 3.8) is 0 Å². The predicted octanol–water partition coefficient (Wildman–Crippen LogP) is 1.90. The Labute approximate surface area is 121 Å². The second kappa shape index (κ2) is 6.30. The number of benzene rings is 2. The van der Waals surface area contributed by atoms with Gasteiger partial charge in [0.25, 0.3) is 0 Å². The van der Waals surface area contributed by atoms with Gasteiger partial charge in [0.05, 0.1) is 4.90 Å². The summed E-state index contributed by atoms with van der Waals surface area (Å²) in [5.74, 6) is -2.30. The summed E-state index contributed by atoms with van der Waals surface area (Å²) in [6.45, 7) is 0.388. The van der Waals surface area contributed by atoms with E-state index in [1.807, 2.05) is 6.07 Å². The summed E-state index contributed by atoms with van der Waals surface area (Å²) in [4.78, 5) is -0.323. The van der Waals surface area contributed by atoms with Crippen LogP contribution in [0.1, 0.15) is 11.1 Å². The lowest BCUT2D eigenvalue weighted by molar-refractivity contribution is 0.504. The van der Waals surface area contributed by atoms with Crippen molar-refractivity contribution < 1.29 is 17.2 Å². The van der Waals surface area contributed by atoms with Gasteiger partial charge in [0.15, 0.2) is 11.6 Å².